The lowest BCUT2D eigenvalue weighted by Gasteiger charge is -2.55. The quantitative estimate of drug-likeness (QED) is 0.840. The van der Waals surface area contributed by atoms with Crippen LogP contribution in [-0.2, 0) is 0 Å². The highest BCUT2D eigenvalue weighted by Gasteiger charge is 2.49. The average molecular weight is 277 g/mol. The van der Waals surface area contributed by atoms with Crippen molar-refractivity contribution in [2.24, 2.45) is 11.7 Å². The summed E-state index contributed by atoms with van der Waals surface area (Å²) in [7, 11) is 0. The molecule has 0 spiro atoms. The van der Waals surface area contributed by atoms with Gasteiger partial charge < -0.3 is 10.6 Å². The second-order valence-electron chi connectivity index (χ2n) is 7.81. The molecule has 4 rings (SSSR count). The van der Waals surface area contributed by atoms with E-state index in [-0.39, 0.29) is 0 Å². The summed E-state index contributed by atoms with van der Waals surface area (Å²) in [4.78, 5) is 5.66. The van der Waals surface area contributed by atoms with Crippen LogP contribution in [0.15, 0.2) is 0 Å². The van der Waals surface area contributed by atoms with Gasteiger partial charge in [-0.3, -0.25) is 4.90 Å². The Balaban J connectivity index is 1.57. The molecule has 3 heterocycles. The molecule has 3 heteroatoms. The van der Waals surface area contributed by atoms with Crippen molar-refractivity contribution >= 4 is 0 Å². The van der Waals surface area contributed by atoms with Gasteiger partial charge in [0, 0.05) is 30.7 Å². The maximum atomic E-state index is 6.37. The van der Waals surface area contributed by atoms with Crippen molar-refractivity contribution in [2.45, 2.75) is 75.4 Å². The molecule has 4 fully saturated rings. The smallest absolute Gasteiger partial charge is 0.0361 e. The molecular formula is C17H31N3. The molecule has 4 aliphatic rings. The Labute approximate surface area is 123 Å². The molecule has 1 saturated carbocycles. The third-order valence-corrected chi connectivity index (χ3v) is 6.96. The van der Waals surface area contributed by atoms with Crippen LogP contribution in [0, 0.1) is 5.92 Å². The third-order valence-electron chi connectivity index (χ3n) is 6.96. The summed E-state index contributed by atoms with van der Waals surface area (Å²) in [5.41, 5.74) is 6.72. The van der Waals surface area contributed by atoms with Crippen LogP contribution in [-0.4, -0.2) is 53.6 Å². The molecular weight excluding hydrogens is 246 g/mol. The molecule has 20 heavy (non-hydrogen) atoms. The Kier molecular flexibility index (Phi) is 3.56. The van der Waals surface area contributed by atoms with Crippen molar-refractivity contribution in [3.63, 3.8) is 0 Å². The topological polar surface area (TPSA) is 32.5 Å². The predicted molar refractivity (Wildman–Crippen MR) is 82.7 cm³/mol. The fourth-order valence-electron chi connectivity index (χ4n) is 5.92. The normalized spacial score (nSPS) is 46.4. The van der Waals surface area contributed by atoms with Crippen molar-refractivity contribution in [3.05, 3.63) is 0 Å². The van der Waals surface area contributed by atoms with Gasteiger partial charge in [-0.05, 0) is 70.4 Å². The van der Waals surface area contributed by atoms with E-state index in [1.807, 2.05) is 0 Å². The zero-order valence-electron chi connectivity index (χ0n) is 12.9. The monoisotopic (exact) mass is 277 g/mol. The van der Waals surface area contributed by atoms with E-state index in [0.717, 1.165) is 24.5 Å². The molecule has 0 bridgehead atoms. The zero-order valence-corrected chi connectivity index (χ0v) is 12.9. The van der Waals surface area contributed by atoms with Crippen molar-refractivity contribution in [2.75, 3.05) is 26.2 Å². The highest BCUT2D eigenvalue weighted by Crippen LogP contribution is 2.44. The van der Waals surface area contributed by atoms with Crippen molar-refractivity contribution in [3.8, 4) is 0 Å². The summed E-state index contributed by atoms with van der Waals surface area (Å²) < 4.78 is 0. The summed E-state index contributed by atoms with van der Waals surface area (Å²) in [5, 5.41) is 0. The van der Waals surface area contributed by atoms with Crippen LogP contribution in [0.2, 0.25) is 0 Å². The first-order chi connectivity index (χ1) is 9.82. The highest BCUT2D eigenvalue weighted by atomic mass is 15.3. The number of hydrogen-bond donors (Lipinski definition) is 1. The third kappa shape index (κ3) is 2.05. The van der Waals surface area contributed by atoms with Gasteiger partial charge >= 0.3 is 0 Å². The zero-order chi connectivity index (χ0) is 13.6. The number of nitrogens with zero attached hydrogens (tertiary/aromatic N) is 2. The molecule has 114 valence electrons. The first-order valence-electron chi connectivity index (χ1n) is 9.03. The van der Waals surface area contributed by atoms with E-state index in [9.17, 15) is 0 Å². The molecule has 2 N–H and O–H groups in total. The number of piperidine rings is 2. The fraction of sp³-hybridized carbons (Fsp3) is 1.00. The fourth-order valence-corrected chi connectivity index (χ4v) is 5.92. The van der Waals surface area contributed by atoms with E-state index in [2.05, 4.69) is 9.80 Å². The standard InChI is InChI=1S/C17H31N3/c18-13-17(8-11-19-9-3-6-15(19)12-17)20-10-2-5-14-4-1-7-16(14)20/h14-16H,1-13,18H2. The van der Waals surface area contributed by atoms with Gasteiger partial charge in [-0.1, -0.05) is 6.42 Å². The predicted octanol–water partition coefficient (Wildman–Crippen LogP) is 2.21. The summed E-state index contributed by atoms with van der Waals surface area (Å²) in [6.45, 7) is 4.86. The van der Waals surface area contributed by atoms with Crippen LogP contribution < -0.4 is 5.73 Å². The molecule has 1 aliphatic carbocycles. The molecule has 3 nitrogen and oxygen atoms in total. The van der Waals surface area contributed by atoms with Crippen LogP contribution in [0.25, 0.3) is 0 Å². The lowest BCUT2D eigenvalue weighted by atomic mass is 9.77. The van der Waals surface area contributed by atoms with Crippen molar-refractivity contribution in [1.29, 1.82) is 0 Å². The lowest BCUT2D eigenvalue weighted by molar-refractivity contribution is -0.0434. The Morgan fingerprint density at radius 2 is 1.80 bits per heavy atom. The van der Waals surface area contributed by atoms with Gasteiger partial charge in [0.25, 0.3) is 0 Å². The summed E-state index contributed by atoms with van der Waals surface area (Å²) in [5.74, 6) is 0.994. The van der Waals surface area contributed by atoms with E-state index < -0.39 is 0 Å². The second-order valence-corrected chi connectivity index (χ2v) is 7.81. The van der Waals surface area contributed by atoms with E-state index in [1.54, 1.807) is 0 Å². The number of nitrogens with two attached hydrogens (primary N) is 1. The molecule has 0 aromatic rings. The Bertz CT molecular complexity index is 358. The molecule has 4 unspecified atom stereocenters. The van der Waals surface area contributed by atoms with Crippen LogP contribution in [0.4, 0.5) is 0 Å². The van der Waals surface area contributed by atoms with Crippen LogP contribution in [0.1, 0.15) is 57.8 Å². The lowest BCUT2D eigenvalue weighted by Crippen LogP contribution is -2.65. The maximum absolute atomic E-state index is 6.37. The molecule has 3 saturated heterocycles. The SMILES string of the molecule is NCC1(N2CCCC3CCCC32)CCN2CCCC2C1. The van der Waals surface area contributed by atoms with Gasteiger partial charge in [-0.25, -0.2) is 0 Å². The van der Waals surface area contributed by atoms with Crippen molar-refractivity contribution < 1.29 is 0 Å². The molecule has 0 amide bonds. The Morgan fingerprint density at radius 3 is 2.70 bits per heavy atom. The molecule has 3 aliphatic heterocycles. The van der Waals surface area contributed by atoms with Crippen LogP contribution in [0.5, 0.6) is 0 Å². The molecule has 0 aromatic carbocycles. The summed E-state index contributed by atoms with van der Waals surface area (Å²) >= 11 is 0. The Hall–Kier alpha value is -0.120. The minimum absolute atomic E-state index is 0.346. The van der Waals surface area contributed by atoms with Gasteiger partial charge in [0.15, 0.2) is 0 Å². The van der Waals surface area contributed by atoms with Gasteiger partial charge in [-0.15, -0.1) is 0 Å². The average Bonchev–Trinajstić information content (AvgIpc) is 3.14. The largest absolute Gasteiger partial charge is 0.329 e. The minimum Gasteiger partial charge on any atom is -0.329 e. The minimum atomic E-state index is 0.346. The molecule has 4 atom stereocenters. The van der Waals surface area contributed by atoms with Crippen LogP contribution in [0.3, 0.4) is 0 Å². The van der Waals surface area contributed by atoms with E-state index in [1.165, 1.54) is 77.4 Å². The van der Waals surface area contributed by atoms with Crippen LogP contribution >= 0.6 is 0 Å². The van der Waals surface area contributed by atoms with E-state index in [4.69, 9.17) is 5.73 Å². The number of fused-ring (bicyclic) bond motifs is 2. The van der Waals surface area contributed by atoms with Gasteiger partial charge in [0.2, 0.25) is 0 Å². The van der Waals surface area contributed by atoms with Gasteiger partial charge in [0.05, 0.1) is 0 Å². The van der Waals surface area contributed by atoms with E-state index >= 15 is 0 Å². The maximum Gasteiger partial charge on any atom is 0.0361 e. The van der Waals surface area contributed by atoms with Gasteiger partial charge in [0.1, 0.15) is 0 Å². The molecule has 0 aromatic heterocycles. The first kappa shape index (κ1) is 13.5. The number of likely N-dealkylation sites (tertiary alicyclic amines) is 1. The second kappa shape index (κ2) is 5.26. The van der Waals surface area contributed by atoms with E-state index in [0.29, 0.717) is 5.54 Å². The van der Waals surface area contributed by atoms with Gasteiger partial charge in [-0.2, -0.15) is 0 Å². The summed E-state index contributed by atoms with van der Waals surface area (Å²) in [6, 6.07) is 1.72. The molecule has 0 radical (unpaired) electrons. The first-order valence-corrected chi connectivity index (χ1v) is 9.03. The summed E-state index contributed by atoms with van der Waals surface area (Å²) in [6.07, 6.45) is 12.8. The highest BCUT2D eigenvalue weighted by molar-refractivity contribution is 5.06. The number of hydrogen-bond acceptors (Lipinski definition) is 3. The van der Waals surface area contributed by atoms with Crippen molar-refractivity contribution in [1.82, 2.24) is 9.80 Å². The number of rotatable bonds is 2. The Morgan fingerprint density at radius 1 is 0.950 bits per heavy atom.